The molecule has 1 fully saturated rings. The molecule has 3 unspecified atom stereocenters. The van der Waals surface area contributed by atoms with E-state index in [0.717, 1.165) is 29.8 Å². The van der Waals surface area contributed by atoms with E-state index in [1.54, 1.807) is 0 Å². The van der Waals surface area contributed by atoms with Crippen LogP contribution in [-0.4, -0.2) is 33.0 Å². The van der Waals surface area contributed by atoms with E-state index in [2.05, 4.69) is 54.4 Å². The first-order valence-electron chi connectivity index (χ1n) is 9.27. The van der Waals surface area contributed by atoms with Gasteiger partial charge in [-0.05, 0) is 29.2 Å². The average Bonchev–Trinajstić information content (AvgIpc) is 3.02. The van der Waals surface area contributed by atoms with Crippen molar-refractivity contribution in [2.75, 3.05) is 18.1 Å². The highest BCUT2D eigenvalue weighted by molar-refractivity contribution is 7.85. The van der Waals surface area contributed by atoms with E-state index in [1.807, 2.05) is 24.3 Å². The fourth-order valence-electron chi connectivity index (χ4n) is 3.95. The maximum atomic E-state index is 12.6. The second kappa shape index (κ2) is 7.58. The number of nitrogens with zero attached hydrogens (tertiary/aromatic N) is 2. The Labute approximate surface area is 157 Å². The van der Waals surface area contributed by atoms with Crippen LogP contribution in [0, 0.1) is 5.92 Å². The van der Waals surface area contributed by atoms with Gasteiger partial charge in [-0.3, -0.25) is 9.22 Å². The van der Waals surface area contributed by atoms with Crippen LogP contribution < -0.4 is 0 Å². The number of fused-ring (bicyclic) bond motifs is 1. The first-order chi connectivity index (χ1) is 12.8. The van der Waals surface area contributed by atoms with Crippen LogP contribution in [0.25, 0.3) is 6.08 Å². The van der Waals surface area contributed by atoms with Crippen LogP contribution in [0.2, 0.25) is 0 Å². The number of hydrazone groups is 1. The topological polar surface area (TPSA) is 32.7 Å². The first kappa shape index (κ1) is 17.2. The SMILES string of the molecule is CCCN1N=C2C(=Cc3ccccc3)CS(=O)CC2C1c1ccccc1. The van der Waals surface area contributed by atoms with Crippen molar-refractivity contribution in [1.29, 1.82) is 0 Å². The van der Waals surface area contributed by atoms with Crippen LogP contribution in [0.5, 0.6) is 0 Å². The molecular weight excluding hydrogens is 340 g/mol. The lowest BCUT2D eigenvalue weighted by Crippen LogP contribution is -2.35. The first-order valence-corrected chi connectivity index (χ1v) is 10.8. The van der Waals surface area contributed by atoms with Crippen LogP contribution in [0.3, 0.4) is 0 Å². The molecule has 134 valence electrons. The zero-order valence-corrected chi connectivity index (χ0v) is 15.9. The summed E-state index contributed by atoms with van der Waals surface area (Å²) in [6, 6.07) is 21.0. The summed E-state index contributed by atoms with van der Waals surface area (Å²) < 4.78 is 12.6. The van der Waals surface area contributed by atoms with Gasteiger partial charge in [-0.1, -0.05) is 67.6 Å². The highest BCUT2D eigenvalue weighted by atomic mass is 32.2. The molecule has 2 aliphatic rings. The molecule has 0 aliphatic carbocycles. The Morgan fingerprint density at radius 2 is 1.81 bits per heavy atom. The second-order valence-corrected chi connectivity index (χ2v) is 8.44. The smallest absolute Gasteiger partial charge is 0.0813 e. The van der Waals surface area contributed by atoms with E-state index in [9.17, 15) is 4.21 Å². The molecule has 4 heteroatoms. The Bertz CT molecular complexity index is 845. The molecule has 0 bridgehead atoms. The van der Waals surface area contributed by atoms with Gasteiger partial charge in [0.05, 0.1) is 17.5 Å². The van der Waals surface area contributed by atoms with E-state index in [1.165, 1.54) is 5.56 Å². The lowest BCUT2D eigenvalue weighted by atomic mass is 9.87. The molecule has 0 aromatic heterocycles. The minimum absolute atomic E-state index is 0.189. The summed E-state index contributed by atoms with van der Waals surface area (Å²) in [6.07, 6.45) is 3.22. The van der Waals surface area contributed by atoms with E-state index < -0.39 is 10.8 Å². The lowest BCUT2D eigenvalue weighted by molar-refractivity contribution is 0.209. The Morgan fingerprint density at radius 3 is 2.50 bits per heavy atom. The van der Waals surface area contributed by atoms with E-state index in [0.29, 0.717) is 11.5 Å². The molecule has 3 nitrogen and oxygen atoms in total. The standard InChI is InChI=1S/C22H24N2OS/c1-2-13-24-22(18-11-7-4-8-12-18)20-16-26(25)15-19(21(20)23-24)14-17-9-5-3-6-10-17/h3-12,14,20,22H,2,13,15-16H2,1H3. The van der Waals surface area contributed by atoms with Gasteiger partial charge in [-0.25, -0.2) is 0 Å². The van der Waals surface area contributed by atoms with Gasteiger partial charge >= 0.3 is 0 Å². The fourth-order valence-corrected chi connectivity index (χ4v) is 5.39. The van der Waals surface area contributed by atoms with Gasteiger partial charge in [0.2, 0.25) is 0 Å². The number of hydrogen-bond acceptors (Lipinski definition) is 3. The summed E-state index contributed by atoms with van der Waals surface area (Å²) in [4.78, 5) is 0. The lowest BCUT2D eigenvalue weighted by Gasteiger charge is -2.30. The normalized spacial score (nSPS) is 26.7. The molecule has 0 amide bonds. The molecule has 1 saturated heterocycles. The van der Waals surface area contributed by atoms with E-state index in [4.69, 9.17) is 5.10 Å². The van der Waals surface area contributed by atoms with Crippen LogP contribution in [0.4, 0.5) is 0 Å². The monoisotopic (exact) mass is 364 g/mol. The van der Waals surface area contributed by atoms with E-state index >= 15 is 0 Å². The van der Waals surface area contributed by atoms with E-state index in [-0.39, 0.29) is 12.0 Å². The fraction of sp³-hybridized carbons (Fsp3) is 0.318. The molecular formula is C22H24N2OS. The summed E-state index contributed by atoms with van der Waals surface area (Å²) in [5.74, 6) is 1.50. The molecule has 3 atom stereocenters. The zero-order chi connectivity index (χ0) is 17.9. The third kappa shape index (κ3) is 3.38. The van der Waals surface area contributed by atoms with Crippen LogP contribution in [0.15, 0.2) is 71.3 Å². The molecule has 0 saturated carbocycles. The van der Waals surface area contributed by atoms with Crippen LogP contribution in [-0.2, 0) is 10.8 Å². The Hall–Kier alpha value is -2.20. The summed E-state index contributed by atoms with van der Waals surface area (Å²) in [5, 5.41) is 7.24. The van der Waals surface area contributed by atoms with Crippen LogP contribution in [0.1, 0.15) is 30.5 Å². The summed E-state index contributed by atoms with van der Waals surface area (Å²) in [6.45, 7) is 3.11. The molecule has 4 rings (SSSR count). The van der Waals surface area contributed by atoms with Gasteiger partial charge in [0.1, 0.15) is 0 Å². The van der Waals surface area contributed by atoms with Crippen molar-refractivity contribution in [2.45, 2.75) is 19.4 Å². The summed E-state index contributed by atoms with van der Waals surface area (Å²) in [7, 11) is -0.844. The predicted molar refractivity (Wildman–Crippen MR) is 109 cm³/mol. The molecule has 0 spiro atoms. The molecule has 2 aromatic carbocycles. The Morgan fingerprint density at radius 1 is 1.12 bits per heavy atom. The maximum absolute atomic E-state index is 12.6. The highest BCUT2D eigenvalue weighted by Crippen LogP contribution is 2.40. The van der Waals surface area contributed by atoms with Crippen LogP contribution >= 0.6 is 0 Å². The molecule has 2 aromatic rings. The molecule has 26 heavy (non-hydrogen) atoms. The van der Waals surface area contributed by atoms with Gasteiger partial charge in [-0.15, -0.1) is 0 Å². The van der Waals surface area contributed by atoms with Gasteiger partial charge in [0.25, 0.3) is 0 Å². The van der Waals surface area contributed by atoms with Gasteiger partial charge < -0.3 is 0 Å². The minimum Gasteiger partial charge on any atom is -0.289 e. The van der Waals surface area contributed by atoms with Crippen molar-refractivity contribution in [3.63, 3.8) is 0 Å². The predicted octanol–water partition coefficient (Wildman–Crippen LogP) is 4.27. The quantitative estimate of drug-likeness (QED) is 0.811. The number of benzene rings is 2. The molecule has 0 N–H and O–H groups in total. The Balaban J connectivity index is 1.74. The van der Waals surface area contributed by atoms with Crippen molar-refractivity contribution in [3.8, 4) is 0 Å². The number of hydrogen-bond donors (Lipinski definition) is 0. The highest BCUT2D eigenvalue weighted by Gasteiger charge is 2.42. The van der Waals surface area contributed by atoms with Gasteiger partial charge in [0.15, 0.2) is 0 Å². The van der Waals surface area contributed by atoms with Crippen molar-refractivity contribution in [3.05, 3.63) is 77.4 Å². The van der Waals surface area contributed by atoms with Gasteiger partial charge in [0, 0.05) is 29.0 Å². The van der Waals surface area contributed by atoms with Crippen molar-refractivity contribution in [1.82, 2.24) is 5.01 Å². The largest absolute Gasteiger partial charge is 0.289 e. The molecule has 2 aliphatic heterocycles. The minimum atomic E-state index is -0.844. The molecule has 2 heterocycles. The molecule has 0 radical (unpaired) electrons. The average molecular weight is 365 g/mol. The Kier molecular flexibility index (Phi) is 5.02. The zero-order valence-electron chi connectivity index (χ0n) is 15.0. The second-order valence-electron chi connectivity index (χ2n) is 6.94. The summed E-state index contributed by atoms with van der Waals surface area (Å²) >= 11 is 0. The van der Waals surface area contributed by atoms with Gasteiger partial charge in [-0.2, -0.15) is 5.10 Å². The van der Waals surface area contributed by atoms with Crippen molar-refractivity contribution in [2.24, 2.45) is 11.0 Å². The maximum Gasteiger partial charge on any atom is 0.0813 e. The van der Waals surface area contributed by atoms with Crippen molar-refractivity contribution >= 4 is 22.6 Å². The third-order valence-electron chi connectivity index (χ3n) is 5.03. The third-order valence-corrected chi connectivity index (χ3v) is 6.40. The number of rotatable bonds is 4. The van der Waals surface area contributed by atoms with Crippen molar-refractivity contribution < 1.29 is 4.21 Å². The summed E-state index contributed by atoms with van der Waals surface area (Å²) in [5.41, 5.74) is 4.68.